The highest BCUT2D eigenvalue weighted by atomic mass is 16.6. The highest BCUT2D eigenvalue weighted by Crippen LogP contribution is 2.22. The molecule has 21 heavy (non-hydrogen) atoms. The summed E-state index contributed by atoms with van der Waals surface area (Å²) in [6, 6.07) is 6.55. The Morgan fingerprint density at radius 1 is 1.52 bits per heavy atom. The molecule has 0 saturated carbocycles. The van der Waals surface area contributed by atoms with Crippen molar-refractivity contribution in [3.63, 3.8) is 0 Å². The van der Waals surface area contributed by atoms with Crippen molar-refractivity contribution >= 4 is 17.3 Å². The number of anilines is 1. The van der Waals surface area contributed by atoms with Crippen LogP contribution in [0.1, 0.15) is 16.1 Å². The number of hydrogen-bond acceptors (Lipinski definition) is 7. The maximum Gasteiger partial charge on any atom is 0.294 e. The van der Waals surface area contributed by atoms with E-state index in [2.05, 4.69) is 10.5 Å². The van der Waals surface area contributed by atoms with Gasteiger partial charge in [-0.3, -0.25) is 14.9 Å². The van der Waals surface area contributed by atoms with Crippen LogP contribution in [0.3, 0.4) is 0 Å². The second-order valence-corrected chi connectivity index (χ2v) is 3.79. The summed E-state index contributed by atoms with van der Waals surface area (Å²) in [7, 11) is 1.36. The second kappa shape index (κ2) is 5.70. The molecule has 0 fully saturated rings. The molecular weight excluding hydrogens is 280 g/mol. The fourth-order valence-electron chi connectivity index (χ4n) is 1.49. The van der Waals surface area contributed by atoms with E-state index in [0.29, 0.717) is 0 Å². The fourth-order valence-corrected chi connectivity index (χ4v) is 1.49. The van der Waals surface area contributed by atoms with Crippen molar-refractivity contribution in [3.05, 3.63) is 45.7 Å². The van der Waals surface area contributed by atoms with Crippen molar-refractivity contribution in [1.29, 1.82) is 5.26 Å². The average molecular weight is 288 g/mol. The molecule has 0 atom stereocenters. The molecule has 0 aliphatic heterocycles. The summed E-state index contributed by atoms with van der Waals surface area (Å²) in [6.45, 7) is 0. The summed E-state index contributed by atoms with van der Waals surface area (Å²) in [6.07, 6.45) is 0. The maximum absolute atomic E-state index is 11.9. The number of carbonyl (C=O) groups is 1. The number of non-ortho nitro benzene ring substituents is 1. The van der Waals surface area contributed by atoms with E-state index in [4.69, 9.17) is 14.5 Å². The Labute approximate surface area is 117 Å². The van der Waals surface area contributed by atoms with E-state index in [1.54, 1.807) is 6.07 Å². The molecule has 0 saturated heterocycles. The van der Waals surface area contributed by atoms with Crippen LogP contribution < -0.4 is 10.1 Å². The minimum absolute atomic E-state index is 0.0379. The molecule has 1 aromatic heterocycles. The number of hydrogen-bond donors (Lipinski definition) is 1. The van der Waals surface area contributed by atoms with E-state index in [0.717, 1.165) is 6.07 Å². The van der Waals surface area contributed by atoms with Gasteiger partial charge in [0.1, 0.15) is 6.07 Å². The number of ether oxygens (including phenoxy) is 1. The summed E-state index contributed by atoms with van der Waals surface area (Å²) < 4.78 is 9.52. The van der Waals surface area contributed by atoms with Crippen LogP contribution >= 0.6 is 0 Å². The summed E-state index contributed by atoms with van der Waals surface area (Å²) in [5.41, 5.74) is -0.154. The number of aromatic nitrogens is 1. The van der Waals surface area contributed by atoms with Crippen LogP contribution in [-0.4, -0.2) is 23.1 Å². The van der Waals surface area contributed by atoms with E-state index in [1.165, 1.54) is 25.3 Å². The Morgan fingerprint density at radius 3 is 2.86 bits per heavy atom. The first-order chi connectivity index (χ1) is 10.0. The third-order valence-electron chi connectivity index (χ3n) is 2.50. The molecule has 106 valence electrons. The topological polar surface area (TPSA) is 131 Å². The van der Waals surface area contributed by atoms with Gasteiger partial charge in [0, 0.05) is 12.1 Å². The third kappa shape index (κ3) is 2.95. The van der Waals surface area contributed by atoms with Crippen LogP contribution in [-0.2, 0) is 0 Å². The van der Waals surface area contributed by atoms with Crippen molar-refractivity contribution in [2.24, 2.45) is 0 Å². The summed E-state index contributed by atoms with van der Waals surface area (Å²) >= 11 is 0. The number of nitrogens with zero attached hydrogens (tertiary/aromatic N) is 3. The Morgan fingerprint density at radius 2 is 2.29 bits per heavy atom. The first kappa shape index (κ1) is 14.0. The lowest BCUT2D eigenvalue weighted by Gasteiger charge is -2.04. The molecule has 0 radical (unpaired) electrons. The van der Waals surface area contributed by atoms with E-state index in [-0.39, 0.29) is 28.6 Å². The number of nitrogens with one attached hydrogen (secondary N) is 1. The zero-order valence-corrected chi connectivity index (χ0v) is 10.7. The first-order valence-electron chi connectivity index (χ1n) is 5.55. The van der Waals surface area contributed by atoms with Gasteiger partial charge in [0.2, 0.25) is 5.76 Å². The highest BCUT2D eigenvalue weighted by molar-refractivity contribution is 6.03. The Bertz CT molecular complexity index is 746. The molecule has 9 heteroatoms. The molecule has 1 heterocycles. The smallest absolute Gasteiger partial charge is 0.294 e. The average Bonchev–Trinajstić information content (AvgIpc) is 2.96. The lowest BCUT2D eigenvalue weighted by atomic mass is 10.1. The highest BCUT2D eigenvalue weighted by Gasteiger charge is 2.17. The van der Waals surface area contributed by atoms with E-state index in [1.807, 2.05) is 0 Å². The Hall–Kier alpha value is -3.41. The molecule has 0 bridgehead atoms. The number of nitro benzene ring substituents is 1. The van der Waals surface area contributed by atoms with E-state index in [9.17, 15) is 14.9 Å². The number of benzene rings is 1. The minimum atomic E-state index is -0.656. The van der Waals surface area contributed by atoms with E-state index >= 15 is 0 Å². The molecule has 9 nitrogen and oxygen atoms in total. The summed E-state index contributed by atoms with van der Waals surface area (Å²) in [5.74, 6) is -0.644. The number of amides is 1. The second-order valence-electron chi connectivity index (χ2n) is 3.79. The molecule has 2 aromatic rings. The zero-order chi connectivity index (χ0) is 15.4. The quantitative estimate of drug-likeness (QED) is 0.669. The number of nitriles is 1. The van der Waals surface area contributed by atoms with Gasteiger partial charge in [-0.05, 0) is 11.2 Å². The third-order valence-corrected chi connectivity index (χ3v) is 2.50. The zero-order valence-electron chi connectivity index (χ0n) is 10.7. The minimum Gasteiger partial charge on any atom is -0.479 e. The lowest BCUT2D eigenvalue weighted by molar-refractivity contribution is -0.384. The predicted octanol–water partition coefficient (Wildman–Crippen LogP) is 1.72. The van der Waals surface area contributed by atoms with Crippen LogP contribution in [0.25, 0.3) is 0 Å². The molecule has 0 spiro atoms. The molecule has 1 N–H and O–H groups in total. The van der Waals surface area contributed by atoms with Gasteiger partial charge in [-0.15, -0.1) is 0 Å². The fraction of sp³-hybridized carbons (Fsp3) is 0.0833. The maximum atomic E-state index is 11.9. The molecule has 0 aliphatic carbocycles. The SMILES string of the molecule is COc1cc(C(=O)Nc2ccc([N+](=O)[O-])cc2C#N)on1. The van der Waals surface area contributed by atoms with Gasteiger partial charge in [-0.25, -0.2) is 0 Å². The van der Waals surface area contributed by atoms with E-state index < -0.39 is 10.8 Å². The van der Waals surface area contributed by atoms with Crippen LogP contribution in [0.5, 0.6) is 5.88 Å². The molecule has 0 unspecified atom stereocenters. The normalized spacial score (nSPS) is 9.71. The standard InChI is InChI=1S/C12H8N4O5/c1-20-11-5-10(21-15-11)12(17)14-9-3-2-8(16(18)19)4-7(9)6-13/h2-5H,1H3,(H,14,17). The number of nitro groups is 1. The predicted molar refractivity (Wildman–Crippen MR) is 68.8 cm³/mol. The number of rotatable bonds is 4. The Kier molecular flexibility index (Phi) is 3.80. The lowest BCUT2D eigenvalue weighted by Crippen LogP contribution is -2.12. The number of carbonyl (C=O) groups excluding carboxylic acids is 1. The van der Waals surface area contributed by atoms with Crippen molar-refractivity contribution in [1.82, 2.24) is 5.16 Å². The van der Waals surface area contributed by atoms with Gasteiger partial charge >= 0.3 is 0 Å². The molecule has 0 aliphatic rings. The van der Waals surface area contributed by atoms with Crippen LogP contribution in [0.2, 0.25) is 0 Å². The monoisotopic (exact) mass is 288 g/mol. The molecule has 2 rings (SSSR count). The van der Waals surface area contributed by atoms with Crippen molar-refractivity contribution in [2.45, 2.75) is 0 Å². The van der Waals surface area contributed by atoms with Crippen molar-refractivity contribution < 1.29 is 19.0 Å². The van der Waals surface area contributed by atoms with Crippen LogP contribution in [0.15, 0.2) is 28.8 Å². The molecule has 1 aromatic carbocycles. The van der Waals surface area contributed by atoms with Crippen LogP contribution in [0, 0.1) is 21.4 Å². The molecule has 1 amide bonds. The van der Waals surface area contributed by atoms with Gasteiger partial charge < -0.3 is 14.6 Å². The van der Waals surface area contributed by atoms with Crippen LogP contribution in [0.4, 0.5) is 11.4 Å². The van der Waals surface area contributed by atoms with Gasteiger partial charge in [-0.1, -0.05) is 0 Å². The van der Waals surface area contributed by atoms with Gasteiger partial charge in [-0.2, -0.15) is 5.26 Å². The van der Waals surface area contributed by atoms with Gasteiger partial charge in [0.25, 0.3) is 17.5 Å². The van der Waals surface area contributed by atoms with Gasteiger partial charge in [0.05, 0.1) is 29.4 Å². The van der Waals surface area contributed by atoms with Gasteiger partial charge in [0.15, 0.2) is 0 Å². The van der Waals surface area contributed by atoms with Crippen molar-refractivity contribution in [2.75, 3.05) is 12.4 Å². The van der Waals surface area contributed by atoms with Crippen molar-refractivity contribution in [3.8, 4) is 11.9 Å². The Balaban J connectivity index is 2.25. The molecular formula is C12H8N4O5. The summed E-state index contributed by atoms with van der Waals surface area (Å²) in [4.78, 5) is 21.9. The first-order valence-corrected chi connectivity index (χ1v) is 5.55. The number of methoxy groups -OCH3 is 1. The summed E-state index contributed by atoms with van der Waals surface area (Å²) in [5, 5.41) is 25.5. The largest absolute Gasteiger partial charge is 0.479 e.